The molecule has 0 unspecified atom stereocenters. The highest BCUT2D eigenvalue weighted by Crippen LogP contribution is 2.14. The maximum absolute atomic E-state index is 12.6. The number of pyridine rings is 2. The number of benzene rings is 1. The topological polar surface area (TPSA) is 77.2 Å². The van der Waals surface area contributed by atoms with Crippen LogP contribution in [0.15, 0.2) is 70.1 Å². The van der Waals surface area contributed by atoms with Crippen LogP contribution in [0, 0.1) is 6.92 Å². The number of ether oxygens (including phenoxy) is 1. The van der Waals surface area contributed by atoms with E-state index < -0.39 is 16.0 Å². The van der Waals surface area contributed by atoms with Crippen molar-refractivity contribution in [1.29, 1.82) is 0 Å². The van der Waals surface area contributed by atoms with Crippen LogP contribution in [-0.4, -0.2) is 25.4 Å². The van der Waals surface area contributed by atoms with Crippen LogP contribution >= 0.6 is 0 Å². The van der Waals surface area contributed by atoms with Crippen molar-refractivity contribution in [3.63, 3.8) is 0 Å². The number of fused-ring (bicyclic) bond motifs is 1. The molecule has 0 amide bonds. The molecule has 0 spiro atoms. The quantitative estimate of drug-likeness (QED) is 0.662. The van der Waals surface area contributed by atoms with E-state index in [-0.39, 0.29) is 17.0 Å². The van der Waals surface area contributed by atoms with Gasteiger partial charge in [0.15, 0.2) is 5.49 Å². The highest BCUT2D eigenvalue weighted by Gasteiger charge is 2.15. The SMILES string of the molecule is CCOC(=O)c1cc/c(=N/S(=O)(=O)c2ccc(C)cc2)n2ccccc12. The van der Waals surface area contributed by atoms with Crippen molar-refractivity contribution in [2.75, 3.05) is 6.61 Å². The summed E-state index contributed by atoms with van der Waals surface area (Å²) in [5.41, 5.74) is 2.03. The Hall–Kier alpha value is -2.93. The second kappa shape index (κ2) is 7.13. The molecule has 7 heteroatoms. The van der Waals surface area contributed by atoms with E-state index in [0.29, 0.717) is 11.1 Å². The molecule has 134 valence electrons. The van der Waals surface area contributed by atoms with Crippen LogP contribution in [0.25, 0.3) is 5.52 Å². The van der Waals surface area contributed by atoms with E-state index >= 15 is 0 Å². The summed E-state index contributed by atoms with van der Waals surface area (Å²) in [5.74, 6) is -0.468. The van der Waals surface area contributed by atoms with Crippen molar-refractivity contribution in [3.05, 3.63) is 77.4 Å². The number of esters is 1. The van der Waals surface area contributed by atoms with Gasteiger partial charge in [-0.1, -0.05) is 23.8 Å². The minimum atomic E-state index is -3.88. The van der Waals surface area contributed by atoms with Crippen LogP contribution < -0.4 is 5.49 Å². The third-order valence-corrected chi connectivity index (χ3v) is 5.10. The molecule has 0 radical (unpaired) electrons. The summed E-state index contributed by atoms with van der Waals surface area (Å²) in [6, 6.07) is 14.7. The minimum Gasteiger partial charge on any atom is -0.462 e. The average Bonchev–Trinajstić information content (AvgIpc) is 2.62. The van der Waals surface area contributed by atoms with Crippen LogP contribution in [-0.2, 0) is 14.8 Å². The zero-order valence-corrected chi connectivity index (χ0v) is 15.2. The molecule has 0 bridgehead atoms. The number of sulfonamides is 1. The Labute approximate surface area is 151 Å². The Morgan fingerprint density at radius 1 is 1.08 bits per heavy atom. The summed E-state index contributed by atoms with van der Waals surface area (Å²) >= 11 is 0. The fraction of sp³-hybridized carbons (Fsp3) is 0.158. The number of nitrogens with zero attached hydrogens (tertiary/aromatic N) is 2. The van der Waals surface area contributed by atoms with Gasteiger partial charge in [0, 0.05) is 6.20 Å². The van der Waals surface area contributed by atoms with Gasteiger partial charge in [-0.3, -0.25) is 0 Å². The Morgan fingerprint density at radius 2 is 1.81 bits per heavy atom. The van der Waals surface area contributed by atoms with Gasteiger partial charge >= 0.3 is 5.97 Å². The second-order valence-electron chi connectivity index (χ2n) is 5.66. The molecular weight excluding hydrogens is 352 g/mol. The highest BCUT2D eigenvalue weighted by atomic mass is 32.2. The maximum Gasteiger partial charge on any atom is 0.340 e. The van der Waals surface area contributed by atoms with Crippen LogP contribution in [0.5, 0.6) is 0 Å². The molecule has 0 aliphatic carbocycles. The number of rotatable bonds is 4. The average molecular weight is 370 g/mol. The standard InChI is InChI=1S/C19H18N2O4S/c1-3-25-19(22)16-11-12-18(21-13-5-4-6-17(16)21)20-26(23,24)15-9-7-14(2)8-10-15/h4-13H,3H2,1-2H3/b20-18-. The Kier molecular flexibility index (Phi) is 4.90. The molecule has 26 heavy (non-hydrogen) atoms. The zero-order valence-electron chi connectivity index (χ0n) is 14.4. The van der Waals surface area contributed by atoms with Gasteiger partial charge in [-0.2, -0.15) is 8.42 Å². The van der Waals surface area contributed by atoms with Gasteiger partial charge in [-0.25, -0.2) is 4.79 Å². The lowest BCUT2D eigenvalue weighted by Gasteiger charge is -2.08. The molecule has 6 nitrogen and oxygen atoms in total. The van der Waals surface area contributed by atoms with Crippen molar-refractivity contribution in [3.8, 4) is 0 Å². The van der Waals surface area contributed by atoms with E-state index in [1.165, 1.54) is 24.3 Å². The summed E-state index contributed by atoms with van der Waals surface area (Å²) in [6.45, 7) is 3.86. The molecule has 3 rings (SSSR count). The predicted octanol–water partition coefficient (Wildman–Crippen LogP) is 2.71. The molecule has 0 aliphatic rings. The number of carbonyl (C=O) groups excluding carboxylic acids is 1. The van der Waals surface area contributed by atoms with Crippen molar-refractivity contribution in [2.45, 2.75) is 18.7 Å². The van der Waals surface area contributed by atoms with Gasteiger partial charge in [-0.15, -0.1) is 4.40 Å². The Morgan fingerprint density at radius 3 is 2.50 bits per heavy atom. The summed E-state index contributed by atoms with van der Waals surface area (Å²) in [7, 11) is -3.88. The molecule has 0 fully saturated rings. The lowest BCUT2D eigenvalue weighted by atomic mass is 10.2. The fourth-order valence-electron chi connectivity index (χ4n) is 2.53. The predicted molar refractivity (Wildman–Crippen MR) is 97.3 cm³/mol. The van der Waals surface area contributed by atoms with E-state index in [1.54, 1.807) is 47.9 Å². The molecule has 0 saturated carbocycles. The van der Waals surface area contributed by atoms with Crippen LogP contribution in [0.4, 0.5) is 0 Å². The van der Waals surface area contributed by atoms with E-state index in [1.807, 2.05) is 6.92 Å². The first-order valence-electron chi connectivity index (χ1n) is 8.07. The van der Waals surface area contributed by atoms with Gasteiger partial charge in [0.2, 0.25) is 0 Å². The third kappa shape index (κ3) is 3.52. The summed E-state index contributed by atoms with van der Waals surface area (Å²) in [6.07, 6.45) is 1.65. The van der Waals surface area contributed by atoms with Crippen molar-refractivity contribution in [2.24, 2.45) is 4.40 Å². The number of aryl methyl sites for hydroxylation is 1. The minimum absolute atomic E-state index is 0.113. The number of hydrogen-bond acceptors (Lipinski definition) is 4. The van der Waals surface area contributed by atoms with Crippen molar-refractivity contribution >= 4 is 21.5 Å². The Balaban J connectivity index is 2.20. The molecule has 3 aromatic rings. The van der Waals surface area contributed by atoms with E-state index in [9.17, 15) is 13.2 Å². The van der Waals surface area contributed by atoms with Crippen LogP contribution in [0.2, 0.25) is 0 Å². The lowest BCUT2D eigenvalue weighted by molar-refractivity contribution is 0.0528. The first-order valence-corrected chi connectivity index (χ1v) is 9.51. The third-order valence-electron chi connectivity index (χ3n) is 3.81. The molecule has 0 aliphatic heterocycles. The largest absolute Gasteiger partial charge is 0.462 e. The maximum atomic E-state index is 12.6. The zero-order chi connectivity index (χ0) is 18.7. The molecule has 2 aromatic heterocycles. The fourth-order valence-corrected chi connectivity index (χ4v) is 3.51. The first kappa shape index (κ1) is 17.9. The molecule has 0 atom stereocenters. The van der Waals surface area contributed by atoms with Crippen molar-refractivity contribution in [1.82, 2.24) is 4.40 Å². The second-order valence-corrected chi connectivity index (χ2v) is 7.27. The molecule has 0 saturated heterocycles. The highest BCUT2D eigenvalue weighted by molar-refractivity contribution is 7.90. The monoisotopic (exact) mass is 370 g/mol. The molecule has 1 aromatic carbocycles. The number of hydrogen-bond donors (Lipinski definition) is 0. The summed E-state index contributed by atoms with van der Waals surface area (Å²) in [4.78, 5) is 12.2. The number of carbonyl (C=O) groups is 1. The number of aromatic nitrogens is 1. The summed E-state index contributed by atoms with van der Waals surface area (Å²) < 4.78 is 35.8. The lowest BCUT2D eigenvalue weighted by Crippen LogP contribution is -2.19. The van der Waals surface area contributed by atoms with E-state index in [4.69, 9.17) is 4.74 Å². The smallest absolute Gasteiger partial charge is 0.340 e. The van der Waals surface area contributed by atoms with Gasteiger partial charge in [0.25, 0.3) is 10.0 Å². The van der Waals surface area contributed by atoms with E-state index in [0.717, 1.165) is 5.56 Å². The van der Waals surface area contributed by atoms with E-state index in [2.05, 4.69) is 4.40 Å². The van der Waals surface area contributed by atoms with Crippen LogP contribution in [0.1, 0.15) is 22.8 Å². The summed E-state index contributed by atoms with van der Waals surface area (Å²) in [5, 5.41) is 0. The molecular formula is C19H18N2O4S. The van der Waals surface area contributed by atoms with Gasteiger partial charge in [0.05, 0.1) is 22.6 Å². The first-order chi connectivity index (χ1) is 12.4. The van der Waals surface area contributed by atoms with Gasteiger partial charge in [0.1, 0.15) is 0 Å². The normalized spacial score (nSPS) is 12.3. The molecule has 2 heterocycles. The van der Waals surface area contributed by atoms with Gasteiger partial charge < -0.3 is 9.14 Å². The Bertz CT molecular complexity index is 1130. The van der Waals surface area contributed by atoms with Crippen LogP contribution in [0.3, 0.4) is 0 Å². The van der Waals surface area contributed by atoms with Gasteiger partial charge in [-0.05, 0) is 50.2 Å². The molecule has 0 N–H and O–H groups in total. The van der Waals surface area contributed by atoms with Crippen molar-refractivity contribution < 1.29 is 17.9 Å².